The lowest BCUT2D eigenvalue weighted by molar-refractivity contribution is 0.706. The maximum Gasteiger partial charge on any atom is 0.160 e. The van der Waals surface area contributed by atoms with Crippen molar-refractivity contribution in [1.82, 2.24) is 15.0 Å². The Morgan fingerprint density at radius 3 is 2.33 bits per heavy atom. The molecule has 2 heterocycles. The minimum absolute atomic E-state index is 0.204. The van der Waals surface area contributed by atoms with Crippen LogP contribution in [0.1, 0.15) is 40.3 Å². The lowest BCUT2D eigenvalue weighted by Gasteiger charge is -2.32. The average molecular weight is 590 g/mol. The van der Waals surface area contributed by atoms with E-state index in [9.17, 15) is 0 Å². The summed E-state index contributed by atoms with van der Waals surface area (Å²) in [5.41, 5.74) is 12.7. The second-order valence-corrected chi connectivity index (χ2v) is 12.3. The third-order valence-corrected chi connectivity index (χ3v) is 9.61. The summed E-state index contributed by atoms with van der Waals surface area (Å²) in [6.07, 6.45) is 19.8. The number of benzene rings is 4. The van der Waals surface area contributed by atoms with E-state index in [0.717, 1.165) is 46.9 Å². The van der Waals surface area contributed by atoms with Gasteiger partial charge in [0.15, 0.2) is 5.82 Å². The van der Waals surface area contributed by atoms with Gasteiger partial charge in [0.25, 0.3) is 0 Å². The molecule has 6 aromatic rings. The molecule has 46 heavy (non-hydrogen) atoms. The molecule has 0 amide bonds. The number of pyridine rings is 1. The number of nitrogens with zero attached hydrogens (tertiary/aromatic N) is 3. The molecule has 0 spiro atoms. The van der Waals surface area contributed by atoms with Crippen molar-refractivity contribution in [3.63, 3.8) is 0 Å². The summed E-state index contributed by atoms with van der Waals surface area (Å²) in [4.78, 5) is 15.2. The van der Waals surface area contributed by atoms with Gasteiger partial charge in [-0.2, -0.15) is 0 Å². The number of hydrogen-bond donors (Lipinski definition) is 0. The molecular weight excluding hydrogens is 558 g/mol. The van der Waals surface area contributed by atoms with Gasteiger partial charge < -0.3 is 0 Å². The predicted octanol–water partition coefficient (Wildman–Crippen LogP) is 10.4. The summed E-state index contributed by atoms with van der Waals surface area (Å²) < 4.78 is 0. The smallest absolute Gasteiger partial charge is 0.160 e. The van der Waals surface area contributed by atoms with Crippen molar-refractivity contribution in [2.24, 2.45) is 5.92 Å². The summed E-state index contributed by atoms with van der Waals surface area (Å²) in [6.45, 7) is 0. The van der Waals surface area contributed by atoms with Crippen LogP contribution in [0.25, 0.3) is 62.4 Å². The maximum atomic E-state index is 5.33. The van der Waals surface area contributed by atoms with Crippen LogP contribution < -0.4 is 0 Å². The zero-order valence-corrected chi connectivity index (χ0v) is 25.3. The molecule has 9 rings (SSSR count). The van der Waals surface area contributed by atoms with Crippen LogP contribution >= 0.6 is 0 Å². The number of allylic oxidation sites excluding steroid dienone is 6. The molecule has 0 fully saturated rings. The first kappa shape index (κ1) is 26.7. The first-order chi connectivity index (χ1) is 22.8. The van der Waals surface area contributed by atoms with Crippen molar-refractivity contribution < 1.29 is 0 Å². The van der Waals surface area contributed by atoms with E-state index in [1.165, 1.54) is 44.2 Å². The molecule has 0 saturated carbocycles. The van der Waals surface area contributed by atoms with Crippen LogP contribution in [0.15, 0.2) is 140 Å². The molecule has 3 nitrogen and oxygen atoms in total. The minimum Gasteiger partial charge on any atom is -0.256 e. The molecule has 0 saturated heterocycles. The number of rotatable bonds is 4. The Morgan fingerprint density at radius 1 is 0.652 bits per heavy atom. The Morgan fingerprint density at radius 2 is 1.43 bits per heavy atom. The summed E-state index contributed by atoms with van der Waals surface area (Å²) >= 11 is 0. The Kier molecular flexibility index (Phi) is 6.41. The highest BCUT2D eigenvalue weighted by molar-refractivity contribution is 5.97. The predicted molar refractivity (Wildman–Crippen MR) is 190 cm³/mol. The van der Waals surface area contributed by atoms with E-state index >= 15 is 0 Å². The Balaban J connectivity index is 1.26. The van der Waals surface area contributed by atoms with Crippen molar-refractivity contribution in [3.05, 3.63) is 168 Å². The van der Waals surface area contributed by atoms with Gasteiger partial charge >= 0.3 is 0 Å². The van der Waals surface area contributed by atoms with E-state index in [4.69, 9.17) is 9.97 Å². The fraction of sp³-hybridized carbons (Fsp3) is 0.0930. The highest BCUT2D eigenvalue weighted by Gasteiger charge is 2.31. The van der Waals surface area contributed by atoms with E-state index in [-0.39, 0.29) is 11.8 Å². The van der Waals surface area contributed by atoms with Gasteiger partial charge in [-0.05, 0) is 81.8 Å². The van der Waals surface area contributed by atoms with Crippen LogP contribution in [-0.2, 0) is 6.42 Å². The van der Waals surface area contributed by atoms with Gasteiger partial charge in [-0.15, -0.1) is 0 Å². The summed E-state index contributed by atoms with van der Waals surface area (Å²) in [6, 6.07) is 36.5. The second-order valence-electron chi connectivity index (χ2n) is 12.3. The molecule has 4 aromatic carbocycles. The van der Waals surface area contributed by atoms with Crippen molar-refractivity contribution in [1.29, 1.82) is 0 Å². The third-order valence-electron chi connectivity index (χ3n) is 9.61. The van der Waals surface area contributed by atoms with Crippen LogP contribution in [0.3, 0.4) is 0 Å². The van der Waals surface area contributed by atoms with Crippen LogP contribution in [0.5, 0.6) is 0 Å². The van der Waals surface area contributed by atoms with Gasteiger partial charge in [0, 0.05) is 34.7 Å². The van der Waals surface area contributed by atoms with Crippen molar-refractivity contribution >= 4 is 28.5 Å². The van der Waals surface area contributed by atoms with Crippen LogP contribution in [0.4, 0.5) is 0 Å². The Bertz CT molecular complexity index is 2250. The molecule has 0 radical (unpaired) electrons. The first-order valence-corrected chi connectivity index (χ1v) is 16.1. The monoisotopic (exact) mass is 589 g/mol. The molecule has 3 aliphatic rings. The fourth-order valence-corrected chi connectivity index (χ4v) is 7.38. The summed E-state index contributed by atoms with van der Waals surface area (Å²) in [5, 5.41) is 2.53. The molecule has 2 aromatic heterocycles. The van der Waals surface area contributed by atoms with Crippen LogP contribution in [0.2, 0.25) is 0 Å². The number of hydrogen-bond acceptors (Lipinski definition) is 3. The van der Waals surface area contributed by atoms with Crippen LogP contribution in [-0.4, -0.2) is 15.0 Å². The summed E-state index contributed by atoms with van der Waals surface area (Å²) in [5.74, 6) is 1.22. The molecule has 3 heteroatoms. The quantitative estimate of drug-likeness (QED) is 0.205. The van der Waals surface area contributed by atoms with Gasteiger partial charge in [-0.3, -0.25) is 4.98 Å². The van der Waals surface area contributed by atoms with E-state index < -0.39 is 0 Å². The standard InChI is InChI=1S/C43H31N3/c1-3-13-32-30(11-1)25-38(36-17-7-5-15-34(32)36)41-27-42(39-26-31-12-2-4-14-33(31)35-16-6-8-18-37(35)39)46-43(45-41)29-22-20-28(21-23-29)40-19-9-10-24-44-40/h1-7,9-17,19-27,34,36H,8,18H2. The molecule has 2 unspecified atom stereocenters. The zero-order chi connectivity index (χ0) is 30.5. The normalized spacial score (nSPS) is 17.7. The van der Waals surface area contributed by atoms with Gasteiger partial charge in [-0.1, -0.05) is 115 Å². The Labute approximate surface area is 269 Å². The molecule has 3 aliphatic carbocycles. The second kappa shape index (κ2) is 11.0. The lowest BCUT2D eigenvalue weighted by Crippen LogP contribution is -2.18. The summed E-state index contributed by atoms with van der Waals surface area (Å²) in [7, 11) is 0. The molecule has 2 atom stereocenters. The van der Waals surface area contributed by atoms with Gasteiger partial charge in [-0.25, -0.2) is 9.97 Å². The molecule has 0 aliphatic heterocycles. The topological polar surface area (TPSA) is 38.7 Å². The SMILES string of the molecule is C1=CC2C(c3cc(-c4cc5ccccc5c5c4CCC=C5)nc(-c4ccc(-c5ccccn5)cc4)n3)=Cc3ccccc3C2C=C1. The van der Waals surface area contributed by atoms with E-state index in [1.54, 1.807) is 0 Å². The average Bonchev–Trinajstić information content (AvgIpc) is 3.14. The highest BCUT2D eigenvalue weighted by atomic mass is 14.9. The van der Waals surface area contributed by atoms with E-state index in [0.29, 0.717) is 0 Å². The largest absolute Gasteiger partial charge is 0.256 e. The van der Waals surface area contributed by atoms with Gasteiger partial charge in [0.1, 0.15) is 0 Å². The first-order valence-electron chi connectivity index (χ1n) is 16.1. The molecular formula is C43H31N3. The van der Waals surface area contributed by atoms with E-state index in [2.05, 4.69) is 132 Å². The van der Waals surface area contributed by atoms with Gasteiger partial charge in [0.2, 0.25) is 0 Å². The third kappa shape index (κ3) is 4.55. The lowest BCUT2D eigenvalue weighted by atomic mass is 9.72. The number of fused-ring (bicyclic) bond motifs is 6. The van der Waals surface area contributed by atoms with E-state index in [1.807, 2.05) is 24.4 Å². The number of aromatic nitrogens is 3. The van der Waals surface area contributed by atoms with Gasteiger partial charge in [0.05, 0.1) is 17.1 Å². The Hall–Kier alpha value is -5.67. The molecule has 218 valence electrons. The molecule has 0 bridgehead atoms. The van der Waals surface area contributed by atoms with Crippen LogP contribution in [0, 0.1) is 5.92 Å². The minimum atomic E-state index is 0.204. The van der Waals surface area contributed by atoms with Crippen molar-refractivity contribution in [2.75, 3.05) is 0 Å². The molecule has 0 N–H and O–H groups in total. The highest BCUT2D eigenvalue weighted by Crippen LogP contribution is 2.46. The fourth-order valence-electron chi connectivity index (χ4n) is 7.38. The van der Waals surface area contributed by atoms with Crippen molar-refractivity contribution in [2.45, 2.75) is 18.8 Å². The van der Waals surface area contributed by atoms with Crippen molar-refractivity contribution in [3.8, 4) is 33.9 Å². The maximum absolute atomic E-state index is 5.33. The zero-order valence-electron chi connectivity index (χ0n) is 25.3.